The molecular weight excluding hydrogens is 191 g/mol. The second-order valence-corrected chi connectivity index (χ2v) is 4.41. The predicted molar refractivity (Wildman–Crippen MR) is 59.7 cm³/mol. The molecule has 15 heavy (non-hydrogen) atoms. The Balaban J connectivity index is 2.94. The lowest BCUT2D eigenvalue weighted by atomic mass is 9.87. The number of rotatable bonds is 3. The van der Waals surface area contributed by atoms with Crippen LogP contribution < -0.4 is 0 Å². The van der Waals surface area contributed by atoms with Crippen molar-refractivity contribution in [2.75, 3.05) is 0 Å². The van der Waals surface area contributed by atoms with E-state index in [-0.39, 0.29) is 5.41 Å². The highest BCUT2D eigenvalue weighted by Gasteiger charge is 2.12. The second-order valence-electron chi connectivity index (χ2n) is 4.41. The number of hydrogen-bond donors (Lipinski definition) is 0. The van der Waals surface area contributed by atoms with E-state index in [2.05, 4.69) is 36.8 Å². The zero-order valence-corrected chi connectivity index (χ0v) is 9.71. The van der Waals surface area contributed by atoms with Gasteiger partial charge in [-0.15, -0.1) is 0 Å². The molecule has 82 valence electrons. The molecule has 0 aliphatic heterocycles. The number of allylic oxidation sites excluding steroid dienone is 2. The standard InChI is InChI=1S/C12H17FN2/c1-5-12(3,4)6-9(2)10-7-14-11(13)15-8-10/h6-8H,5H2,1-4H3/b9-6+. The zero-order valence-electron chi connectivity index (χ0n) is 9.71. The lowest BCUT2D eigenvalue weighted by Gasteiger charge is -2.18. The Morgan fingerprint density at radius 1 is 1.40 bits per heavy atom. The Morgan fingerprint density at radius 2 is 1.93 bits per heavy atom. The van der Waals surface area contributed by atoms with E-state index < -0.39 is 6.08 Å². The zero-order chi connectivity index (χ0) is 11.5. The Labute approximate surface area is 90.3 Å². The molecule has 1 heterocycles. The van der Waals surface area contributed by atoms with E-state index in [0.29, 0.717) is 0 Å². The fourth-order valence-corrected chi connectivity index (χ4v) is 1.29. The van der Waals surface area contributed by atoms with Gasteiger partial charge in [0, 0.05) is 18.0 Å². The molecule has 0 radical (unpaired) electrons. The largest absolute Gasteiger partial charge is 0.308 e. The van der Waals surface area contributed by atoms with Crippen molar-refractivity contribution in [1.29, 1.82) is 0 Å². The van der Waals surface area contributed by atoms with Crippen LogP contribution in [0.3, 0.4) is 0 Å². The number of hydrogen-bond acceptors (Lipinski definition) is 2. The second kappa shape index (κ2) is 4.51. The molecule has 3 heteroatoms. The highest BCUT2D eigenvalue weighted by molar-refractivity contribution is 5.62. The van der Waals surface area contributed by atoms with Crippen molar-refractivity contribution >= 4 is 5.57 Å². The van der Waals surface area contributed by atoms with Crippen LogP contribution in [0.1, 0.15) is 39.7 Å². The van der Waals surface area contributed by atoms with Gasteiger partial charge in [0.1, 0.15) is 0 Å². The van der Waals surface area contributed by atoms with Crippen molar-refractivity contribution in [3.8, 4) is 0 Å². The van der Waals surface area contributed by atoms with Gasteiger partial charge in [-0.25, -0.2) is 9.97 Å². The van der Waals surface area contributed by atoms with Crippen molar-refractivity contribution in [3.63, 3.8) is 0 Å². The summed E-state index contributed by atoms with van der Waals surface area (Å²) in [5.41, 5.74) is 2.11. The van der Waals surface area contributed by atoms with E-state index in [1.807, 2.05) is 6.92 Å². The van der Waals surface area contributed by atoms with Gasteiger partial charge >= 0.3 is 6.08 Å². The molecule has 0 N–H and O–H groups in total. The van der Waals surface area contributed by atoms with E-state index in [1.54, 1.807) is 0 Å². The molecule has 0 fully saturated rings. The fraction of sp³-hybridized carbons (Fsp3) is 0.500. The Morgan fingerprint density at radius 3 is 2.40 bits per heavy atom. The molecule has 0 atom stereocenters. The molecule has 0 aromatic carbocycles. The van der Waals surface area contributed by atoms with Crippen molar-refractivity contribution in [2.45, 2.75) is 34.1 Å². The van der Waals surface area contributed by atoms with Gasteiger partial charge in [0.15, 0.2) is 0 Å². The minimum Gasteiger partial charge on any atom is -0.210 e. The first-order valence-electron chi connectivity index (χ1n) is 5.12. The van der Waals surface area contributed by atoms with Crippen LogP contribution in [-0.4, -0.2) is 9.97 Å². The van der Waals surface area contributed by atoms with Gasteiger partial charge in [0.2, 0.25) is 0 Å². The molecule has 1 aromatic heterocycles. The lowest BCUT2D eigenvalue weighted by Crippen LogP contribution is -2.05. The molecule has 0 unspecified atom stereocenters. The molecule has 2 nitrogen and oxygen atoms in total. The highest BCUT2D eigenvalue weighted by Crippen LogP contribution is 2.26. The SMILES string of the molecule is CCC(C)(C)/C=C(\C)c1cnc(F)nc1. The summed E-state index contributed by atoms with van der Waals surface area (Å²) in [6.45, 7) is 8.47. The molecule has 0 aliphatic rings. The third-order valence-corrected chi connectivity index (χ3v) is 2.59. The summed E-state index contributed by atoms with van der Waals surface area (Å²) < 4.78 is 12.5. The molecule has 0 spiro atoms. The summed E-state index contributed by atoms with van der Waals surface area (Å²) >= 11 is 0. The molecule has 0 saturated heterocycles. The van der Waals surface area contributed by atoms with Crippen LogP contribution in [-0.2, 0) is 0 Å². The van der Waals surface area contributed by atoms with Crippen LogP contribution in [0, 0.1) is 11.5 Å². The summed E-state index contributed by atoms with van der Waals surface area (Å²) in [6.07, 6.45) is 5.58. The van der Waals surface area contributed by atoms with Crippen molar-refractivity contribution in [1.82, 2.24) is 9.97 Å². The molecule has 1 aromatic rings. The normalized spacial score (nSPS) is 13.0. The maximum atomic E-state index is 12.5. The molecule has 0 aliphatic carbocycles. The Hall–Kier alpha value is -1.25. The highest BCUT2D eigenvalue weighted by atomic mass is 19.1. The molecular formula is C12H17FN2. The lowest BCUT2D eigenvalue weighted by molar-refractivity contribution is 0.463. The number of nitrogens with zero attached hydrogens (tertiary/aromatic N) is 2. The third kappa shape index (κ3) is 3.42. The molecule has 0 saturated carbocycles. The quantitative estimate of drug-likeness (QED) is 0.711. The monoisotopic (exact) mass is 208 g/mol. The van der Waals surface area contributed by atoms with Crippen LogP contribution in [0.4, 0.5) is 4.39 Å². The maximum Gasteiger partial charge on any atom is 0.308 e. The van der Waals surface area contributed by atoms with E-state index in [9.17, 15) is 4.39 Å². The van der Waals surface area contributed by atoms with Crippen LogP contribution >= 0.6 is 0 Å². The van der Waals surface area contributed by atoms with Crippen LogP contribution in [0.2, 0.25) is 0 Å². The average molecular weight is 208 g/mol. The van der Waals surface area contributed by atoms with Crippen LogP contribution in [0.25, 0.3) is 5.57 Å². The molecule has 1 rings (SSSR count). The first-order valence-corrected chi connectivity index (χ1v) is 5.12. The average Bonchev–Trinajstić information content (AvgIpc) is 2.18. The van der Waals surface area contributed by atoms with Crippen LogP contribution in [0.5, 0.6) is 0 Å². The first-order chi connectivity index (χ1) is 6.94. The van der Waals surface area contributed by atoms with Gasteiger partial charge in [0.25, 0.3) is 0 Å². The first kappa shape index (κ1) is 11.8. The third-order valence-electron chi connectivity index (χ3n) is 2.59. The van der Waals surface area contributed by atoms with Gasteiger partial charge in [-0.2, -0.15) is 4.39 Å². The maximum absolute atomic E-state index is 12.5. The summed E-state index contributed by atoms with van der Waals surface area (Å²) in [5, 5.41) is 0. The van der Waals surface area contributed by atoms with Crippen LogP contribution in [0.15, 0.2) is 18.5 Å². The Kier molecular flexibility index (Phi) is 3.56. The smallest absolute Gasteiger partial charge is 0.210 e. The van der Waals surface area contributed by atoms with Crippen molar-refractivity contribution < 1.29 is 4.39 Å². The van der Waals surface area contributed by atoms with E-state index >= 15 is 0 Å². The summed E-state index contributed by atoms with van der Waals surface area (Å²) in [6, 6.07) is 0. The van der Waals surface area contributed by atoms with E-state index in [0.717, 1.165) is 17.6 Å². The van der Waals surface area contributed by atoms with Gasteiger partial charge < -0.3 is 0 Å². The van der Waals surface area contributed by atoms with Crippen molar-refractivity contribution in [3.05, 3.63) is 30.1 Å². The summed E-state index contributed by atoms with van der Waals surface area (Å²) in [7, 11) is 0. The Bertz CT molecular complexity index is 352. The summed E-state index contributed by atoms with van der Waals surface area (Å²) in [5.74, 6) is 0. The van der Waals surface area contributed by atoms with Crippen molar-refractivity contribution in [2.24, 2.45) is 5.41 Å². The van der Waals surface area contributed by atoms with Gasteiger partial charge in [-0.1, -0.05) is 26.8 Å². The fourth-order valence-electron chi connectivity index (χ4n) is 1.29. The molecule has 0 amide bonds. The van der Waals surface area contributed by atoms with Gasteiger partial charge in [-0.05, 0) is 24.3 Å². The van der Waals surface area contributed by atoms with Gasteiger partial charge in [-0.3, -0.25) is 0 Å². The number of aromatic nitrogens is 2. The minimum atomic E-state index is -0.679. The minimum absolute atomic E-state index is 0.151. The van der Waals surface area contributed by atoms with Gasteiger partial charge in [0.05, 0.1) is 0 Å². The summed E-state index contributed by atoms with van der Waals surface area (Å²) in [4.78, 5) is 7.07. The van der Waals surface area contributed by atoms with E-state index in [1.165, 1.54) is 12.4 Å². The topological polar surface area (TPSA) is 25.8 Å². The number of halogens is 1. The van der Waals surface area contributed by atoms with E-state index in [4.69, 9.17) is 0 Å². The molecule has 0 bridgehead atoms. The predicted octanol–water partition coefficient (Wildman–Crippen LogP) is 3.46.